The summed E-state index contributed by atoms with van der Waals surface area (Å²) in [4.78, 5) is 24.2. The number of hydrogen-bond acceptors (Lipinski definition) is 5. The maximum Gasteiger partial charge on any atom is 0.416 e. The Bertz CT molecular complexity index is 1010. The molecule has 1 aromatic heterocycles. The summed E-state index contributed by atoms with van der Waals surface area (Å²) in [6.45, 7) is 3.66. The molecule has 2 aromatic rings. The minimum absolute atomic E-state index is 0.0137. The van der Waals surface area contributed by atoms with Gasteiger partial charge in [0, 0.05) is 57.6 Å². The Morgan fingerprint density at radius 3 is 2.69 bits per heavy atom. The third-order valence-electron chi connectivity index (χ3n) is 7.10. The first-order valence-corrected chi connectivity index (χ1v) is 12.0. The molecule has 10 heteroatoms. The van der Waals surface area contributed by atoms with E-state index in [0.717, 1.165) is 37.5 Å². The molecule has 0 saturated carbocycles. The minimum atomic E-state index is -4.42. The van der Waals surface area contributed by atoms with E-state index in [4.69, 9.17) is 4.74 Å². The first kappa shape index (κ1) is 25.5. The van der Waals surface area contributed by atoms with E-state index in [0.29, 0.717) is 32.1 Å². The van der Waals surface area contributed by atoms with Crippen molar-refractivity contribution in [3.63, 3.8) is 0 Å². The minimum Gasteiger partial charge on any atom is -0.493 e. The standard InChI is InChI=1S/C25H34F3N5O2/c1-30(2)21-7-9-33(15-21)24(34)19-11-18(13-32(14-19)16-23-29-8-10-31(23)3)17-35-22-6-4-5-20(12-22)25(26,27)28/h4-6,8,10,12,18-19,21H,7,9,11,13-17H2,1-3H3/t18-,19+,21?/m0/s1. The molecule has 0 spiro atoms. The van der Waals surface area contributed by atoms with Crippen molar-refractivity contribution in [1.29, 1.82) is 0 Å². The van der Waals surface area contributed by atoms with Crippen LogP contribution in [0.15, 0.2) is 36.7 Å². The predicted octanol–water partition coefficient (Wildman–Crippen LogP) is 3.12. The van der Waals surface area contributed by atoms with E-state index < -0.39 is 11.7 Å². The molecule has 0 N–H and O–H groups in total. The van der Waals surface area contributed by atoms with Crippen molar-refractivity contribution in [2.24, 2.45) is 18.9 Å². The first-order chi connectivity index (χ1) is 16.6. The zero-order chi connectivity index (χ0) is 25.2. The molecule has 1 amide bonds. The van der Waals surface area contributed by atoms with E-state index in [-0.39, 0.29) is 30.1 Å². The van der Waals surface area contributed by atoms with Crippen molar-refractivity contribution >= 4 is 5.91 Å². The van der Waals surface area contributed by atoms with Crippen LogP contribution >= 0.6 is 0 Å². The van der Waals surface area contributed by atoms with Gasteiger partial charge in [0.05, 0.1) is 24.6 Å². The van der Waals surface area contributed by atoms with Crippen LogP contribution < -0.4 is 4.74 Å². The molecule has 2 fully saturated rings. The van der Waals surface area contributed by atoms with Gasteiger partial charge in [-0.2, -0.15) is 13.2 Å². The summed E-state index contributed by atoms with van der Waals surface area (Å²) < 4.78 is 47.0. The number of hydrogen-bond donors (Lipinski definition) is 0. The van der Waals surface area contributed by atoms with Gasteiger partial charge in [-0.25, -0.2) is 4.98 Å². The van der Waals surface area contributed by atoms with Gasteiger partial charge in [0.2, 0.25) is 5.91 Å². The Balaban J connectivity index is 1.45. The Kier molecular flexibility index (Phi) is 7.70. The second kappa shape index (κ2) is 10.6. The smallest absolute Gasteiger partial charge is 0.416 e. The van der Waals surface area contributed by atoms with Crippen LogP contribution in [0.5, 0.6) is 5.75 Å². The lowest BCUT2D eigenvalue weighted by atomic mass is 9.88. The van der Waals surface area contributed by atoms with Gasteiger partial charge in [-0.05, 0) is 45.1 Å². The van der Waals surface area contributed by atoms with Gasteiger partial charge >= 0.3 is 6.18 Å². The van der Waals surface area contributed by atoms with Gasteiger partial charge in [0.25, 0.3) is 0 Å². The molecule has 2 aliphatic heterocycles. The van der Waals surface area contributed by atoms with Gasteiger partial charge in [-0.3, -0.25) is 9.69 Å². The summed E-state index contributed by atoms with van der Waals surface area (Å²) in [5, 5.41) is 0. The molecule has 1 aromatic carbocycles. The second-order valence-electron chi connectivity index (χ2n) is 9.97. The van der Waals surface area contributed by atoms with E-state index in [2.05, 4.69) is 14.8 Å². The van der Waals surface area contributed by atoms with Crippen molar-refractivity contribution in [2.75, 3.05) is 46.9 Å². The lowest BCUT2D eigenvalue weighted by molar-refractivity contribution is -0.138. The second-order valence-corrected chi connectivity index (χ2v) is 9.97. The van der Waals surface area contributed by atoms with Crippen LogP contribution in [0, 0.1) is 11.8 Å². The lowest BCUT2D eigenvalue weighted by Gasteiger charge is -2.38. The number of ether oxygens (including phenoxy) is 1. The van der Waals surface area contributed by atoms with Gasteiger partial charge in [0.15, 0.2) is 0 Å². The number of likely N-dealkylation sites (N-methyl/N-ethyl adjacent to an activating group) is 1. The largest absolute Gasteiger partial charge is 0.493 e. The fourth-order valence-electron chi connectivity index (χ4n) is 5.08. The summed E-state index contributed by atoms with van der Waals surface area (Å²) >= 11 is 0. The summed E-state index contributed by atoms with van der Waals surface area (Å²) in [7, 11) is 6.01. The van der Waals surface area contributed by atoms with E-state index in [1.807, 2.05) is 36.8 Å². The van der Waals surface area contributed by atoms with Crippen molar-refractivity contribution in [3.8, 4) is 5.75 Å². The van der Waals surface area contributed by atoms with Gasteiger partial charge in [-0.15, -0.1) is 0 Å². The number of amides is 1. The Labute approximate surface area is 204 Å². The van der Waals surface area contributed by atoms with Crippen LogP contribution in [0.3, 0.4) is 0 Å². The molecule has 35 heavy (non-hydrogen) atoms. The number of rotatable bonds is 7. The molecular formula is C25H34F3N5O2. The number of carbonyl (C=O) groups excluding carboxylic acids is 1. The zero-order valence-electron chi connectivity index (χ0n) is 20.5. The highest BCUT2D eigenvalue weighted by molar-refractivity contribution is 5.79. The average Bonchev–Trinajstić information content (AvgIpc) is 3.46. The summed E-state index contributed by atoms with van der Waals surface area (Å²) in [5.74, 6) is 1.09. The molecule has 2 saturated heterocycles. The quantitative estimate of drug-likeness (QED) is 0.594. The van der Waals surface area contributed by atoms with E-state index in [1.165, 1.54) is 12.1 Å². The predicted molar refractivity (Wildman–Crippen MR) is 126 cm³/mol. The fraction of sp³-hybridized carbons (Fsp3) is 0.600. The van der Waals surface area contributed by atoms with Gasteiger partial charge in [-0.1, -0.05) is 6.07 Å². The highest BCUT2D eigenvalue weighted by atomic mass is 19.4. The third-order valence-corrected chi connectivity index (χ3v) is 7.10. The summed E-state index contributed by atoms with van der Waals surface area (Å²) in [5.41, 5.74) is -0.729. The number of likely N-dealkylation sites (tertiary alicyclic amines) is 2. The molecule has 4 rings (SSSR count). The van der Waals surface area contributed by atoms with Crippen LogP contribution in [0.2, 0.25) is 0 Å². The number of halogens is 3. The molecule has 192 valence electrons. The topological polar surface area (TPSA) is 53.8 Å². The lowest BCUT2D eigenvalue weighted by Crippen LogP contribution is -2.48. The van der Waals surface area contributed by atoms with Crippen molar-refractivity contribution in [2.45, 2.75) is 31.6 Å². The third kappa shape index (κ3) is 6.35. The van der Waals surface area contributed by atoms with Gasteiger partial charge in [0.1, 0.15) is 11.6 Å². The number of aromatic nitrogens is 2. The SMILES string of the molecule is CN(C)C1CCN(C(=O)[C@@H]2C[C@H](COc3cccc(C(F)(F)F)c3)CN(Cc3nccn3C)C2)C1. The maximum atomic E-state index is 13.5. The molecule has 3 heterocycles. The van der Waals surface area contributed by atoms with E-state index >= 15 is 0 Å². The molecule has 0 bridgehead atoms. The number of aryl methyl sites for hydroxylation is 1. The van der Waals surface area contributed by atoms with E-state index in [9.17, 15) is 18.0 Å². The fourth-order valence-corrected chi connectivity index (χ4v) is 5.08. The van der Waals surface area contributed by atoms with Crippen LogP contribution in [0.1, 0.15) is 24.2 Å². The summed E-state index contributed by atoms with van der Waals surface area (Å²) in [6, 6.07) is 5.33. The van der Waals surface area contributed by atoms with Crippen LogP contribution in [0.4, 0.5) is 13.2 Å². The molecule has 2 aliphatic rings. The van der Waals surface area contributed by atoms with Crippen LogP contribution in [-0.4, -0.2) is 83.1 Å². The van der Waals surface area contributed by atoms with Crippen LogP contribution in [-0.2, 0) is 24.6 Å². The normalized spacial score (nSPS) is 23.7. The molecule has 3 atom stereocenters. The molecule has 7 nitrogen and oxygen atoms in total. The highest BCUT2D eigenvalue weighted by Crippen LogP contribution is 2.32. The van der Waals surface area contributed by atoms with Crippen molar-refractivity contribution in [3.05, 3.63) is 48.0 Å². The molecule has 1 unspecified atom stereocenters. The van der Waals surface area contributed by atoms with E-state index in [1.54, 1.807) is 6.20 Å². The zero-order valence-corrected chi connectivity index (χ0v) is 20.5. The number of nitrogens with zero attached hydrogens (tertiary/aromatic N) is 5. The molecule has 0 radical (unpaired) electrons. The first-order valence-electron chi connectivity index (χ1n) is 12.0. The average molecular weight is 494 g/mol. The maximum absolute atomic E-state index is 13.5. The van der Waals surface area contributed by atoms with Crippen molar-refractivity contribution < 1.29 is 22.7 Å². The highest BCUT2D eigenvalue weighted by Gasteiger charge is 2.37. The monoisotopic (exact) mass is 493 g/mol. The number of benzene rings is 1. The Hall–Kier alpha value is -2.59. The Morgan fingerprint density at radius 2 is 2.03 bits per heavy atom. The summed E-state index contributed by atoms with van der Waals surface area (Å²) in [6.07, 6.45) is 0.840. The molecule has 0 aliphatic carbocycles. The van der Waals surface area contributed by atoms with Crippen molar-refractivity contribution in [1.82, 2.24) is 24.3 Å². The van der Waals surface area contributed by atoms with Gasteiger partial charge < -0.3 is 19.1 Å². The number of carbonyl (C=O) groups is 1. The molecular weight excluding hydrogens is 459 g/mol. The van der Waals surface area contributed by atoms with Crippen LogP contribution in [0.25, 0.3) is 0 Å². The Morgan fingerprint density at radius 1 is 1.23 bits per heavy atom. The number of imidazole rings is 1. The number of piperidine rings is 1. The number of alkyl halides is 3.